The molecule has 0 saturated heterocycles. The summed E-state index contributed by atoms with van der Waals surface area (Å²) < 4.78 is 4.91. The van der Waals surface area contributed by atoms with Crippen molar-refractivity contribution in [3.05, 3.63) is 47.6 Å². The second-order valence-corrected chi connectivity index (χ2v) is 3.69. The molecule has 4 heteroatoms. The molecule has 0 unspecified atom stereocenters. The third-order valence-corrected chi connectivity index (χ3v) is 2.50. The van der Waals surface area contributed by atoms with Crippen molar-refractivity contribution in [2.24, 2.45) is 0 Å². The Morgan fingerprint density at radius 1 is 1.31 bits per heavy atom. The highest BCUT2D eigenvalue weighted by Crippen LogP contribution is 2.05. The van der Waals surface area contributed by atoms with E-state index in [0.29, 0.717) is 5.89 Å². The molecule has 4 nitrogen and oxygen atoms in total. The molecule has 2 rings (SSSR count). The van der Waals surface area contributed by atoms with E-state index in [1.54, 1.807) is 0 Å². The van der Waals surface area contributed by atoms with Gasteiger partial charge in [-0.15, -0.1) is 0 Å². The van der Waals surface area contributed by atoms with E-state index in [1.165, 1.54) is 17.5 Å². The summed E-state index contributed by atoms with van der Waals surface area (Å²) in [6.07, 6.45) is 2.20. The Morgan fingerprint density at radius 3 is 2.94 bits per heavy atom. The maximum Gasteiger partial charge on any atom is 0.227 e. The number of benzene rings is 1. The van der Waals surface area contributed by atoms with Crippen molar-refractivity contribution in [3.8, 4) is 0 Å². The highest BCUT2D eigenvalue weighted by atomic mass is 16.5. The Labute approximate surface area is 94.7 Å². The van der Waals surface area contributed by atoms with Crippen LogP contribution < -0.4 is 5.32 Å². The molecule has 1 heterocycles. The summed E-state index contributed by atoms with van der Waals surface area (Å²) in [5, 5.41) is 6.91. The third-order valence-electron chi connectivity index (χ3n) is 2.50. The summed E-state index contributed by atoms with van der Waals surface area (Å²) in [4.78, 5) is 3.96. The maximum atomic E-state index is 4.91. The van der Waals surface area contributed by atoms with Gasteiger partial charge in [0.1, 0.15) is 0 Å². The van der Waals surface area contributed by atoms with Crippen molar-refractivity contribution in [1.82, 2.24) is 15.5 Å². The van der Waals surface area contributed by atoms with Crippen LogP contribution in [0.3, 0.4) is 0 Å². The van der Waals surface area contributed by atoms with Gasteiger partial charge in [-0.3, -0.25) is 0 Å². The molecule has 0 spiro atoms. The smallest absolute Gasteiger partial charge is 0.227 e. The highest BCUT2D eigenvalue weighted by molar-refractivity contribution is 5.25. The van der Waals surface area contributed by atoms with E-state index < -0.39 is 0 Å². The summed E-state index contributed by atoms with van der Waals surface area (Å²) in [6.45, 7) is 3.84. The van der Waals surface area contributed by atoms with Crippen molar-refractivity contribution >= 4 is 0 Å². The summed E-state index contributed by atoms with van der Waals surface area (Å²) in [5.74, 6) is 0.678. The molecule has 0 atom stereocenters. The molecule has 84 valence electrons. The van der Waals surface area contributed by atoms with E-state index in [1.807, 2.05) is 0 Å². The number of aryl methyl sites for hydroxylation is 1. The fourth-order valence-electron chi connectivity index (χ4n) is 1.53. The van der Waals surface area contributed by atoms with Gasteiger partial charge in [-0.2, -0.15) is 4.98 Å². The largest absolute Gasteiger partial charge is 0.340 e. The zero-order valence-corrected chi connectivity index (χ0v) is 9.31. The summed E-state index contributed by atoms with van der Waals surface area (Å²) >= 11 is 0. The zero-order chi connectivity index (χ0) is 11.2. The van der Waals surface area contributed by atoms with Crippen molar-refractivity contribution in [2.75, 3.05) is 6.54 Å². The van der Waals surface area contributed by atoms with Crippen molar-refractivity contribution in [1.29, 1.82) is 0 Å². The van der Waals surface area contributed by atoms with E-state index in [2.05, 4.69) is 46.6 Å². The average molecular weight is 217 g/mol. The van der Waals surface area contributed by atoms with Crippen LogP contribution >= 0.6 is 0 Å². The van der Waals surface area contributed by atoms with Crippen molar-refractivity contribution in [3.63, 3.8) is 0 Å². The Bertz CT molecular complexity index is 426. The minimum Gasteiger partial charge on any atom is -0.340 e. The molecule has 0 amide bonds. The Hall–Kier alpha value is -1.68. The normalized spacial score (nSPS) is 10.6. The SMILES string of the molecule is Cc1ccccc1CNCCc1ncno1. The summed E-state index contributed by atoms with van der Waals surface area (Å²) in [5.41, 5.74) is 2.64. The fourth-order valence-corrected chi connectivity index (χ4v) is 1.53. The monoisotopic (exact) mass is 217 g/mol. The van der Waals surface area contributed by atoms with Crippen LogP contribution in [0.15, 0.2) is 35.1 Å². The topological polar surface area (TPSA) is 51.0 Å². The lowest BCUT2D eigenvalue weighted by Gasteiger charge is -2.06. The second-order valence-electron chi connectivity index (χ2n) is 3.69. The van der Waals surface area contributed by atoms with Crippen LogP contribution in [0.1, 0.15) is 17.0 Å². The molecule has 1 aromatic heterocycles. The van der Waals surface area contributed by atoms with Gasteiger partial charge in [0, 0.05) is 19.5 Å². The Kier molecular flexibility index (Phi) is 3.66. The van der Waals surface area contributed by atoms with Crippen LogP contribution in [0.25, 0.3) is 0 Å². The third kappa shape index (κ3) is 2.90. The number of nitrogens with zero attached hydrogens (tertiary/aromatic N) is 2. The van der Waals surface area contributed by atoms with Crippen molar-refractivity contribution in [2.45, 2.75) is 19.9 Å². The molecule has 0 radical (unpaired) electrons. The van der Waals surface area contributed by atoms with Gasteiger partial charge in [0.2, 0.25) is 5.89 Å². The second kappa shape index (κ2) is 5.42. The van der Waals surface area contributed by atoms with Crippen LogP contribution in [0, 0.1) is 6.92 Å². The van der Waals surface area contributed by atoms with E-state index in [-0.39, 0.29) is 0 Å². The number of hydrogen-bond donors (Lipinski definition) is 1. The van der Waals surface area contributed by atoms with Crippen LogP contribution in [-0.2, 0) is 13.0 Å². The first-order valence-electron chi connectivity index (χ1n) is 5.37. The molecule has 0 bridgehead atoms. The van der Waals surface area contributed by atoms with Gasteiger partial charge in [0.05, 0.1) is 0 Å². The van der Waals surface area contributed by atoms with Crippen LogP contribution in [0.2, 0.25) is 0 Å². The molecule has 0 aliphatic heterocycles. The lowest BCUT2D eigenvalue weighted by atomic mass is 10.1. The van der Waals surface area contributed by atoms with Gasteiger partial charge in [0.25, 0.3) is 0 Å². The van der Waals surface area contributed by atoms with Gasteiger partial charge >= 0.3 is 0 Å². The highest BCUT2D eigenvalue weighted by Gasteiger charge is 1.99. The lowest BCUT2D eigenvalue weighted by Crippen LogP contribution is -2.17. The van der Waals surface area contributed by atoms with Crippen molar-refractivity contribution < 1.29 is 4.52 Å². The molecular weight excluding hydrogens is 202 g/mol. The summed E-state index contributed by atoms with van der Waals surface area (Å²) in [7, 11) is 0. The lowest BCUT2D eigenvalue weighted by molar-refractivity contribution is 0.375. The molecule has 0 saturated carbocycles. The minimum atomic E-state index is 0.678. The predicted molar refractivity (Wildman–Crippen MR) is 60.9 cm³/mol. The van der Waals surface area contributed by atoms with E-state index >= 15 is 0 Å². The maximum absolute atomic E-state index is 4.91. The quantitative estimate of drug-likeness (QED) is 0.775. The average Bonchev–Trinajstić information content (AvgIpc) is 2.79. The molecule has 16 heavy (non-hydrogen) atoms. The number of aromatic nitrogens is 2. The standard InChI is InChI=1S/C12H15N3O/c1-10-4-2-3-5-11(10)8-13-7-6-12-14-9-15-16-12/h2-5,9,13H,6-8H2,1H3. The van der Waals surface area contributed by atoms with Crippen LogP contribution in [-0.4, -0.2) is 16.7 Å². The first-order valence-corrected chi connectivity index (χ1v) is 5.37. The van der Waals surface area contributed by atoms with Gasteiger partial charge in [-0.05, 0) is 18.1 Å². The Morgan fingerprint density at radius 2 is 2.19 bits per heavy atom. The van der Waals surface area contributed by atoms with Gasteiger partial charge in [-0.25, -0.2) is 0 Å². The number of rotatable bonds is 5. The van der Waals surface area contributed by atoms with Crippen LogP contribution in [0.4, 0.5) is 0 Å². The molecule has 0 fully saturated rings. The van der Waals surface area contributed by atoms with Gasteiger partial charge in [-0.1, -0.05) is 29.4 Å². The molecule has 0 aliphatic carbocycles. The predicted octanol–water partition coefficient (Wildman–Crippen LogP) is 1.71. The first-order chi connectivity index (χ1) is 7.86. The zero-order valence-electron chi connectivity index (χ0n) is 9.31. The fraction of sp³-hybridized carbons (Fsp3) is 0.333. The summed E-state index contributed by atoms with van der Waals surface area (Å²) in [6, 6.07) is 8.36. The minimum absolute atomic E-state index is 0.678. The van der Waals surface area contributed by atoms with E-state index in [4.69, 9.17) is 4.52 Å². The van der Waals surface area contributed by atoms with E-state index in [9.17, 15) is 0 Å². The molecule has 1 N–H and O–H groups in total. The molecular formula is C12H15N3O. The first kappa shape index (κ1) is 10.8. The molecule has 0 aliphatic rings. The van der Waals surface area contributed by atoms with Crippen LogP contribution in [0.5, 0.6) is 0 Å². The number of nitrogens with one attached hydrogen (secondary N) is 1. The number of hydrogen-bond acceptors (Lipinski definition) is 4. The molecule has 1 aromatic carbocycles. The Balaban J connectivity index is 1.74. The van der Waals surface area contributed by atoms with E-state index in [0.717, 1.165) is 19.5 Å². The molecule has 2 aromatic rings. The van der Waals surface area contributed by atoms with Gasteiger partial charge in [0.15, 0.2) is 6.33 Å². The van der Waals surface area contributed by atoms with Gasteiger partial charge < -0.3 is 9.84 Å².